The molecule has 0 radical (unpaired) electrons. The lowest BCUT2D eigenvalue weighted by atomic mass is 10.1. The number of nitrogens with two attached hydrogens (primary N) is 1. The Morgan fingerprint density at radius 3 is 3.03 bits per heavy atom. The minimum atomic E-state index is -1.23. The van der Waals surface area contributed by atoms with Crippen LogP contribution in [0, 0.1) is 0 Å². The molecule has 4 aromatic rings. The third-order valence-corrected chi connectivity index (χ3v) is 5.72. The standard InChI is InChI=1S/C22H23N7O3/c1-2-17(30)28-11-5-6-13(12-28)29-15-9-10-24-20(23)18(15)19(27-29)21(31)26-22-25-14-7-3-4-8-16(14)32-22/h2-4,7-10,13,21,31H,1,5-6,11-12H2,(H2,23,24)(H,25,26)/t13-,21?/m1/s1. The number of piperidine rings is 1. The van der Waals surface area contributed by atoms with Crippen molar-refractivity contribution in [2.75, 3.05) is 24.1 Å². The summed E-state index contributed by atoms with van der Waals surface area (Å²) in [5.74, 6) is 0.155. The maximum absolute atomic E-state index is 12.1. The summed E-state index contributed by atoms with van der Waals surface area (Å²) in [5, 5.41) is 19.1. The molecule has 2 atom stereocenters. The number of likely N-dealkylation sites (tertiary alicyclic amines) is 1. The average Bonchev–Trinajstić information content (AvgIpc) is 3.40. The SMILES string of the molecule is C=CC(=O)N1CCC[C@@H](n2nc(C(O)Nc3nc4ccccc4o3)c3c(N)nccc32)C1. The predicted molar refractivity (Wildman–Crippen MR) is 120 cm³/mol. The zero-order valence-electron chi connectivity index (χ0n) is 17.3. The van der Waals surface area contributed by atoms with Crippen LogP contribution in [0.25, 0.3) is 22.0 Å². The van der Waals surface area contributed by atoms with E-state index in [1.54, 1.807) is 17.2 Å². The van der Waals surface area contributed by atoms with Crippen LogP contribution in [-0.4, -0.2) is 48.8 Å². The van der Waals surface area contributed by atoms with Gasteiger partial charge in [-0.3, -0.25) is 9.48 Å². The maximum Gasteiger partial charge on any atom is 0.298 e. The summed E-state index contributed by atoms with van der Waals surface area (Å²) in [6.45, 7) is 4.76. The van der Waals surface area contributed by atoms with E-state index in [0.717, 1.165) is 18.4 Å². The van der Waals surface area contributed by atoms with E-state index in [4.69, 9.17) is 15.2 Å². The molecular weight excluding hydrogens is 410 g/mol. The lowest BCUT2D eigenvalue weighted by molar-refractivity contribution is -0.127. The summed E-state index contributed by atoms with van der Waals surface area (Å²) in [5.41, 5.74) is 8.51. The van der Waals surface area contributed by atoms with Crippen molar-refractivity contribution in [1.82, 2.24) is 24.6 Å². The highest BCUT2D eigenvalue weighted by Gasteiger charge is 2.29. The molecule has 32 heavy (non-hydrogen) atoms. The molecule has 1 saturated heterocycles. The molecule has 3 aromatic heterocycles. The number of carbonyl (C=O) groups excluding carboxylic acids is 1. The van der Waals surface area contributed by atoms with Crippen LogP contribution in [-0.2, 0) is 4.79 Å². The Morgan fingerprint density at radius 2 is 2.22 bits per heavy atom. The smallest absolute Gasteiger partial charge is 0.298 e. The number of hydrogen-bond acceptors (Lipinski definition) is 8. The minimum Gasteiger partial charge on any atom is -0.424 e. The molecule has 1 aromatic carbocycles. The van der Waals surface area contributed by atoms with E-state index in [1.807, 2.05) is 28.9 Å². The van der Waals surface area contributed by atoms with Crippen LogP contribution in [0.3, 0.4) is 0 Å². The van der Waals surface area contributed by atoms with Crippen molar-refractivity contribution in [3.8, 4) is 0 Å². The lowest BCUT2D eigenvalue weighted by Gasteiger charge is -2.32. The van der Waals surface area contributed by atoms with E-state index in [9.17, 15) is 9.90 Å². The molecule has 10 nitrogen and oxygen atoms in total. The number of rotatable bonds is 5. The monoisotopic (exact) mass is 433 g/mol. The summed E-state index contributed by atoms with van der Waals surface area (Å²) in [7, 11) is 0. The molecular formula is C22H23N7O3. The van der Waals surface area contributed by atoms with Gasteiger partial charge < -0.3 is 25.5 Å². The molecule has 164 valence electrons. The van der Waals surface area contributed by atoms with Crippen molar-refractivity contribution in [1.29, 1.82) is 0 Å². The molecule has 1 fully saturated rings. The second-order valence-electron chi connectivity index (χ2n) is 7.74. The normalized spacial score (nSPS) is 17.5. The third-order valence-electron chi connectivity index (χ3n) is 5.72. The molecule has 4 heterocycles. The number of aliphatic hydroxyl groups is 1. The van der Waals surface area contributed by atoms with Gasteiger partial charge in [0.15, 0.2) is 11.8 Å². The van der Waals surface area contributed by atoms with Gasteiger partial charge in [0.05, 0.1) is 16.9 Å². The van der Waals surface area contributed by atoms with Crippen LogP contribution in [0.5, 0.6) is 0 Å². The van der Waals surface area contributed by atoms with Crippen molar-refractivity contribution in [2.24, 2.45) is 0 Å². The van der Waals surface area contributed by atoms with Gasteiger partial charge in [-0.1, -0.05) is 18.7 Å². The van der Waals surface area contributed by atoms with Crippen molar-refractivity contribution < 1.29 is 14.3 Å². The largest absolute Gasteiger partial charge is 0.424 e. The van der Waals surface area contributed by atoms with E-state index < -0.39 is 6.23 Å². The number of carbonyl (C=O) groups is 1. The Morgan fingerprint density at radius 1 is 1.38 bits per heavy atom. The molecule has 4 N–H and O–H groups in total. The van der Waals surface area contributed by atoms with Crippen molar-refractivity contribution in [2.45, 2.75) is 25.1 Å². The Bertz CT molecular complexity index is 1280. The predicted octanol–water partition coefficient (Wildman–Crippen LogP) is 2.61. The fraction of sp³-hybridized carbons (Fsp3) is 0.273. The number of hydrogen-bond donors (Lipinski definition) is 3. The number of nitrogens with zero attached hydrogens (tertiary/aromatic N) is 5. The van der Waals surface area contributed by atoms with Gasteiger partial charge in [0.2, 0.25) is 5.91 Å². The van der Waals surface area contributed by atoms with Gasteiger partial charge in [-0.05, 0) is 37.1 Å². The Kier molecular flexibility index (Phi) is 4.98. The van der Waals surface area contributed by atoms with E-state index in [2.05, 4.69) is 21.9 Å². The van der Waals surface area contributed by atoms with Crippen LogP contribution >= 0.6 is 0 Å². The van der Waals surface area contributed by atoms with Gasteiger partial charge in [-0.15, -0.1) is 0 Å². The number of para-hydroxylation sites is 2. The van der Waals surface area contributed by atoms with Crippen LogP contribution in [0.15, 0.2) is 53.6 Å². The topological polar surface area (TPSA) is 135 Å². The fourth-order valence-electron chi connectivity index (χ4n) is 4.21. The first-order valence-corrected chi connectivity index (χ1v) is 10.4. The van der Waals surface area contributed by atoms with Gasteiger partial charge in [0.1, 0.15) is 17.0 Å². The van der Waals surface area contributed by atoms with Crippen LogP contribution in [0.2, 0.25) is 0 Å². The number of amides is 1. The number of oxazole rings is 1. The van der Waals surface area contributed by atoms with E-state index in [1.165, 1.54) is 6.08 Å². The molecule has 1 aliphatic heterocycles. The molecule has 0 saturated carbocycles. The molecule has 1 amide bonds. The number of anilines is 2. The summed E-state index contributed by atoms with van der Waals surface area (Å²) in [6.07, 6.45) is 3.38. The number of aromatic nitrogens is 4. The first-order chi connectivity index (χ1) is 15.5. The number of pyridine rings is 1. The molecule has 0 aliphatic carbocycles. The highest BCUT2D eigenvalue weighted by molar-refractivity contribution is 5.91. The zero-order valence-corrected chi connectivity index (χ0v) is 17.3. The number of benzene rings is 1. The zero-order chi connectivity index (χ0) is 22.2. The minimum absolute atomic E-state index is 0.0674. The fourth-order valence-corrected chi connectivity index (χ4v) is 4.21. The Hall–Kier alpha value is -3.92. The van der Waals surface area contributed by atoms with Crippen LogP contribution in [0.4, 0.5) is 11.8 Å². The first-order valence-electron chi connectivity index (χ1n) is 10.4. The van der Waals surface area contributed by atoms with Gasteiger partial charge in [-0.2, -0.15) is 10.1 Å². The Labute approximate surface area is 183 Å². The maximum atomic E-state index is 12.1. The molecule has 0 spiro atoms. The third kappa shape index (κ3) is 3.44. The molecule has 0 bridgehead atoms. The summed E-state index contributed by atoms with van der Waals surface area (Å²) in [4.78, 5) is 22.4. The molecule has 1 unspecified atom stereocenters. The second-order valence-corrected chi connectivity index (χ2v) is 7.74. The van der Waals surface area contributed by atoms with Gasteiger partial charge in [0.25, 0.3) is 6.01 Å². The van der Waals surface area contributed by atoms with Crippen LogP contribution in [0.1, 0.15) is 30.8 Å². The number of nitrogens with one attached hydrogen (secondary N) is 1. The van der Waals surface area contributed by atoms with E-state index in [-0.39, 0.29) is 23.8 Å². The Balaban J connectivity index is 1.50. The van der Waals surface area contributed by atoms with Gasteiger partial charge in [0, 0.05) is 19.3 Å². The number of aliphatic hydroxyl groups excluding tert-OH is 1. The molecule has 10 heteroatoms. The number of fused-ring (bicyclic) bond motifs is 2. The first kappa shape index (κ1) is 20.0. The van der Waals surface area contributed by atoms with Gasteiger partial charge >= 0.3 is 0 Å². The molecule has 1 aliphatic rings. The highest BCUT2D eigenvalue weighted by Crippen LogP contribution is 2.33. The highest BCUT2D eigenvalue weighted by atomic mass is 16.4. The molecule has 5 rings (SSSR count). The van der Waals surface area contributed by atoms with Gasteiger partial charge in [-0.25, -0.2) is 4.98 Å². The lowest BCUT2D eigenvalue weighted by Crippen LogP contribution is -2.40. The van der Waals surface area contributed by atoms with Crippen molar-refractivity contribution in [3.05, 3.63) is 54.9 Å². The van der Waals surface area contributed by atoms with E-state index in [0.29, 0.717) is 35.3 Å². The summed E-state index contributed by atoms with van der Waals surface area (Å²) in [6, 6.07) is 9.23. The second kappa shape index (κ2) is 7.97. The number of nitrogen functional groups attached to an aromatic ring is 1. The average molecular weight is 433 g/mol. The summed E-state index contributed by atoms with van der Waals surface area (Å²) >= 11 is 0. The van der Waals surface area contributed by atoms with Crippen molar-refractivity contribution in [3.63, 3.8) is 0 Å². The van der Waals surface area contributed by atoms with Crippen molar-refractivity contribution >= 4 is 39.7 Å². The quantitative estimate of drug-likeness (QED) is 0.323. The van der Waals surface area contributed by atoms with E-state index >= 15 is 0 Å². The van der Waals surface area contributed by atoms with Crippen LogP contribution < -0.4 is 11.1 Å². The summed E-state index contributed by atoms with van der Waals surface area (Å²) < 4.78 is 7.48.